The lowest BCUT2D eigenvalue weighted by molar-refractivity contribution is -0.387. The van der Waals surface area contributed by atoms with Crippen LogP contribution in [-0.2, 0) is 14.3 Å². The zero-order valence-corrected chi connectivity index (χ0v) is 16.1. The smallest absolute Gasteiger partial charge is 0.338 e. The number of hydrogen-bond donors (Lipinski definition) is 0. The summed E-state index contributed by atoms with van der Waals surface area (Å²) in [6.07, 6.45) is 1.82. The molecule has 1 aromatic rings. The molecule has 0 saturated carbocycles. The quantitative estimate of drug-likeness (QED) is 0.289. The van der Waals surface area contributed by atoms with E-state index in [1.807, 2.05) is 0 Å². The van der Waals surface area contributed by atoms with E-state index in [2.05, 4.69) is 13.8 Å². The third-order valence-corrected chi connectivity index (χ3v) is 5.14. The Balaban J connectivity index is 2.01. The molecule has 1 aromatic carbocycles. The van der Waals surface area contributed by atoms with Gasteiger partial charge >= 0.3 is 5.97 Å². The molecule has 27 heavy (non-hydrogen) atoms. The molecule has 0 atom stereocenters. The van der Waals surface area contributed by atoms with E-state index in [9.17, 15) is 24.5 Å². The standard InChI is InChI=1S/C18H22N2O6S/c1-12(2)7-9-27-15-6-5-13(10-14(15)20(24)25)18(23)26-11-17(22)19-8-3-4-16(19)21/h5-6,10,12H,3-4,7-9,11H2,1-2H3. The van der Waals surface area contributed by atoms with Crippen LogP contribution in [0.2, 0.25) is 0 Å². The molecule has 8 nitrogen and oxygen atoms in total. The lowest BCUT2D eigenvalue weighted by atomic mass is 10.2. The first-order valence-electron chi connectivity index (χ1n) is 8.71. The molecule has 1 saturated heterocycles. The van der Waals surface area contributed by atoms with Gasteiger partial charge in [0.1, 0.15) is 0 Å². The molecule has 0 N–H and O–H groups in total. The summed E-state index contributed by atoms with van der Waals surface area (Å²) in [5, 5.41) is 11.3. The van der Waals surface area contributed by atoms with Crippen LogP contribution in [0.3, 0.4) is 0 Å². The first-order valence-corrected chi connectivity index (χ1v) is 9.69. The Bertz CT molecular complexity index is 749. The number of carbonyl (C=O) groups is 3. The van der Waals surface area contributed by atoms with E-state index in [-0.39, 0.29) is 17.2 Å². The monoisotopic (exact) mass is 394 g/mol. The van der Waals surface area contributed by atoms with Crippen molar-refractivity contribution in [2.75, 3.05) is 18.9 Å². The first-order chi connectivity index (χ1) is 12.8. The van der Waals surface area contributed by atoms with E-state index in [0.29, 0.717) is 30.2 Å². The highest BCUT2D eigenvalue weighted by Gasteiger charge is 2.27. The number of nitrogens with zero attached hydrogens (tertiary/aromatic N) is 2. The topological polar surface area (TPSA) is 107 Å². The Morgan fingerprint density at radius 1 is 1.37 bits per heavy atom. The molecule has 2 rings (SSSR count). The third-order valence-electron chi connectivity index (χ3n) is 4.05. The predicted octanol–water partition coefficient (Wildman–Crippen LogP) is 3.04. The Labute approximate surface area is 161 Å². The molecule has 1 fully saturated rings. The summed E-state index contributed by atoms with van der Waals surface area (Å²) in [5.74, 6) is -0.473. The van der Waals surface area contributed by atoms with E-state index in [1.165, 1.54) is 23.9 Å². The van der Waals surface area contributed by atoms with Crippen LogP contribution >= 0.6 is 11.8 Å². The molecule has 146 valence electrons. The van der Waals surface area contributed by atoms with Gasteiger partial charge in [0.2, 0.25) is 5.91 Å². The summed E-state index contributed by atoms with van der Waals surface area (Å²) in [7, 11) is 0. The summed E-state index contributed by atoms with van der Waals surface area (Å²) >= 11 is 1.37. The zero-order valence-electron chi connectivity index (χ0n) is 15.3. The molecule has 1 aliphatic heterocycles. The van der Waals surface area contributed by atoms with Gasteiger partial charge in [0.05, 0.1) is 15.4 Å². The molecule has 1 aliphatic rings. The third kappa shape index (κ3) is 5.78. The SMILES string of the molecule is CC(C)CCSc1ccc(C(=O)OCC(=O)N2CCCC2=O)cc1[N+](=O)[O-]. The van der Waals surface area contributed by atoms with Gasteiger partial charge in [-0.3, -0.25) is 24.6 Å². The predicted molar refractivity (Wildman–Crippen MR) is 99.5 cm³/mol. The fourth-order valence-corrected chi connectivity index (χ4v) is 3.77. The number of benzene rings is 1. The summed E-state index contributed by atoms with van der Waals surface area (Å²) < 4.78 is 4.93. The maximum absolute atomic E-state index is 12.1. The molecule has 1 heterocycles. The molecule has 0 aliphatic carbocycles. The van der Waals surface area contributed by atoms with Gasteiger partial charge in [-0.25, -0.2) is 4.79 Å². The second kappa shape index (κ2) is 9.50. The van der Waals surface area contributed by atoms with Crippen molar-refractivity contribution in [3.63, 3.8) is 0 Å². The van der Waals surface area contributed by atoms with Gasteiger partial charge < -0.3 is 4.74 Å². The van der Waals surface area contributed by atoms with Gasteiger partial charge in [0.25, 0.3) is 11.6 Å². The van der Waals surface area contributed by atoms with E-state index in [0.717, 1.165) is 23.1 Å². The molecule has 0 aromatic heterocycles. The molecule has 0 unspecified atom stereocenters. The first kappa shape index (κ1) is 20.9. The maximum atomic E-state index is 12.1. The Morgan fingerprint density at radius 3 is 2.70 bits per heavy atom. The zero-order chi connectivity index (χ0) is 20.0. The Morgan fingerprint density at radius 2 is 2.11 bits per heavy atom. The van der Waals surface area contributed by atoms with Crippen molar-refractivity contribution in [1.29, 1.82) is 0 Å². The van der Waals surface area contributed by atoms with Gasteiger partial charge in [-0.15, -0.1) is 11.8 Å². The number of imide groups is 1. The van der Waals surface area contributed by atoms with Crippen molar-refractivity contribution in [1.82, 2.24) is 4.90 Å². The number of thioether (sulfide) groups is 1. The largest absolute Gasteiger partial charge is 0.452 e. The second-order valence-corrected chi connectivity index (χ2v) is 7.73. The number of nitro benzene ring substituents is 1. The lowest BCUT2D eigenvalue weighted by Crippen LogP contribution is -2.35. The number of esters is 1. The minimum Gasteiger partial charge on any atom is -0.452 e. The number of likely N-dealkylation sites (tertiary alicyclic amines) is 1. The van der Waals surface area contributed by atoms with E-state index < -0.39 is 23.4 Å². The molecule has 2 amide bonds. The summed E-state index contributed by atoms with van der Waals surface area (Å²) in [5.41, 5.74) is -0.172. The van der Waals surface area contributed by atoms with Crippen LogP contribution in [0.5, 0.6) is 0 Å². The molecule has 0 bridgehead atoms. The summed E-state index contributed by atoms with van der Waals surface area (Å²) in [6.45, 7) is 3.91. The van der Waals surface area contributed by atoms with Crippen LogP contribution in [0.4, 0.5) is 5.69 Å². The molecular weight excluding hydrogens is 372 g/mol. The van der Waals surface area contributed by atoms with Gasteiger partial charge in [-0.2, -0.15) is 0 Å². The van der Waals surface area contributed by atoms with Crippen molar-refractivity contribution < 1.29 is 24.0 Å². The molecule has 9 heteroatoms. The van der Waals surface area contributed by atoms with Crippen molar-refractivity contribution in [2.24, 2.45) is 5.92 Å². The molecular formula is C18H22N2O6S. The van der Waals surface area contributed by atoms with E-state index in [1.54, 1.807) is 0 Å². The highest BCUT2D eigenvalue weighted by atomic mass is 32.2. The van der Waals surface area contributed by atoms with Crippen LogP contribution in [-0.4, -0.2) is 46.5 Å². The average molecular weight is 394 g/mol. The summed E-state index contributed by atoms with van der Waals surface area (Å²) in [4.78, 5) is 47.9. The van der Waals surface area contributed by atoms with Gasteiger partial charge in [0, 0.05) is 19.0 Å². The highest BCUT2D eigenvalue weighted by Crippen LogP contribution is 2.31. The number of nitro groups is 1. The number of hydrogen-bond acceptors (Lipinski definition) is 7. The Kier molecular flexibility index (Phi) is 7.35. The highest BCUT2D eigenvalue weighted by molar-refractivity contribution is 7.99. The van der Waals surface area contributed by atoms with Crippen LogP contribution < -0.4 is 0 Å². The number of amides is 2. The fraction of sp³-hybridized carbons (Fsp3) is 0.500. The van der Waals surface area contributed by atoms with E-state index >= 15 is 0 Å². The van der Waals surface area contributed by atoms with Crippen molar-refractivity contribution in [3.8, 4) is 0 Å². The summed E-state index contributed by atoms with van der Waals surface area (Å²) in [6, 6.07) is 4.12. The maximum Gasteiger partial charge on any atom is 0.338 e. The fourth-order valence-electron chi connectivity index (χ4n) is 2.51. The van der Waals surface area contributed by atoms with Crippen LogP contribution in [0.25, 0.3) is 0 Å². The van der Waals surface area contributed by atoms with Crippen LogP contribution in [0.1, 0.15) is 43.5 Å². The minimum atomic E-state index is -0.836. The number of rotatable bonds is 8. The average Bonchev–Trinajstić information content (AvgIpc) is 3.05. The number of ether oxygens (including phenoxy) is 1. The van der Waals surface area contributed by atoms with Crippen LogP contribution in [0.15, 0.2) is 23.1 Å². The minimum absolute atomic E-state index is 0.00421. The van der Waals surface area contributed by atoms with Crippen molar-refractivity contribution >= 4 is 35.2 Å². The van der Waals surface area contributed by atoms with Crippen molar-refractivity contribution in [3.05, 3.63) is 33.9 Å². The van der Waals surface area contributed by atoms with E-state index in [4.69, 9.17) is 4.74 Å². The van der Waals surface area contributed by atoms with Gasteiger partial charge in [-0.05, 0) is 36.6 Å². The van der Waals surface area contributed by atoms with Crippen LogP contribution in [0, 0.1) is 16.0 Å². The van der Waals surface area contributed by atoms with Crippen molar-refractivity contribution in [2.45, 2.75) is 38.0 Å². The Hall–Kier alpha value is -2.42. The van der Waals surface area contributed by atoms with Gasteiger partial charge in [0.15, 0.2) is 6.61 Å². The lowest BCUT2D eigenvalue weighted by Gasteiger charge is -2.13. The normalized spacial score (nSPS) is 13.9. The molecule has 0 radical (unpaired) electrons. The number of carbonyl (C=O) groups excluding carboxylic acids is 3. The molecule has 0 spiro atoms. The second-order valence-electron chi connectivity index (χ2n) is 6.59. The van der Waals surface area contributed by atoms with Gasteiger partial charge in [-0.1, -0.05) is 13.8 Å².